The van der Waals surface area contributed by atoms with Crippen molar-refractivity contribution in [3.05, 3.63) is 354 Å². The molecule has 2 aliphatic carbocycles. The third-order valence-electron chi connectivity index (χ3n) is 20.6. The Morgan fingerprint density at radius 3 is 1.00 bits per heavy atom. The number of aromatic nitrogens is 1. The highest BCUT2D eigenvalue weighted by Crippen LogP contribution is 2.54. The molecule has 17 rings (SSSR count). The van der Waals surface area contributed by atoms with Crippen LogP contribution in [0.5, 0.6) is 0 Å². The molecular weight excluding hydrogens is 1160 g/mol. The van der Waals surface area contributed by atoms with Crippen LogP contribution in [0.15, 0.2) is 310 Å². The van der Waals surface area contributed by atoms with E-state index in [9.17, 15) is 0 Å². The van der Waals surface area contributed by atoms with Gasteiger partial charge in [0.2, 0.25) is 0 Å². The molecule has 458 valence electrons. The second kappa shape index (κ2) is 23.1. The summed E-state index contributed by atoms with van der Waals surface area (Å²) < 4.78 is 2.38. The van der Waals surface area contributed by atoms with E-state index in [1.165, 1.54) is 109 Å². The minimum absolute atomic E-state index is 0.249. The van der Waals surface area contributed by atoms with Gasteiger partial charge in [0.1, 0.15) is 0 Å². The van der Waals surface area contributed by atoms with Crippen LogP contribution < -0.4 is 9.80 Å². The van der Waals surface area contributed by atoms with Crippen LogP contribution in [0.3, 0.4) is 0 Å². The van der Waals surface area contributed by atoms with Crippen molar-refractivity contribution in [3.8, 4) is 22.3 Å². The largest absolute Gasteiger partial charge is 0.310 e. The van der Waals surface area contributed by atoms with Gasteiger partial charge in [-0.3, -0.25) is 0 Å². The summed E-state index contributed by atoms with van der Waals surface area (Å²) in [6, 6.07) is 104. The number of anilines is 6. The van der Waals surface area contributed by atoms with Crippen LogP contribution in [0.4, 0.5) is 34.1 Å². The van der Waals surface area contributed by atoms with Crippen molar-refractivity contribution < 1.29 is 0 Å². The Labute approximate surface area is 562 Å². The molecule has 0 bridgehead atoms. The van der Waals surface area contributed by atoms with E-state index in [4.69, 9.17) is 0 Å². The first kappa shape index (κ1) is 58.1. The van der Waals surface area contributed by atoms with Crippen LogP contribution in [0.25, 0.3) is 117 Å². The molecule has 0 N–H and O–H groups in total. The Kier molecular flexibility index (Phi) is 13.9. The van der Waals surface area contributed by atoms with Crippen LogP contribution in [0, 0.1) is 0 Å². The van der Waals surface area contributed by atoms with Crippen molar-refractivity contribution in [1.29, 1.82) is 0 Å². The number of nitrogens with zero attached hydrogens (tertiary/aromatic N) is 3. The zero-order valence-electron chi connectivity index (χ0n) is 54.7. The van der Waals surface area contributed by atoms with Crippen molar-refractivity contribution in [2.75, 3.05) is 9.80 Å². The Hall–Kier alpha value is -11.8. The molecule has 3 heteroatoms. The molecule has 1 aromatic heterocycles. The highest BCUT2D eigenvalue weighted by molar-refractivity contribution is 6.13. The second-order valence-electron chi connectivity index (χ2n) is 26.8. The average Bonchev–Trinajstić information content (AvgIpc) is 1.53. The van der Waals surface area contributed by atoms with E-state index in [0.717, 1.165) is 62.0 Å². The summed E-state index contributed by atoms with van der Waals surface area (Å²) in [6.07, 6.45) is 17.3. The minimum atomic E-state index is -0.249. The number of hydrogen-bond donors (Lipinski definition) is 0. The molecule has 0 aliphatic heterocycles. The highest BCUT2D eigenvalue weighted by atomic mass is 15.2. The van der Waals surface area contributed by atoms with Gasteiger partial charge in [-0.05, 0) is 174 Å². The van der Waals surface area contributed by atoms with Crippen LogP contribution in [-0.2, 0) is 10.8 Å². The molecule has 15 aromatic rings. The third kappa shape index (κ3) is 9.56. The fourth-order valence-electron chi connectivity index (χ4n) is 15.8. The van der Waals surface area contributed by atoms with Gasteiger partial charge in [-0.1, -0.05) is 283 Å². The van der Waals surface area contributed by atoms with Crippen molar-refractivity contribution in [2.24, 2.45) is 0 Å². The minimum Gasteiger partial charge on any atom is -0.310 e. The third-order valence-corrected chi connectivity index (χ3v) is 20.6. The molecular formula is C93H71N3. The topological polar surface area (TPSA) is 11.4 Å². The lowest BCUT2D eigenvalue weighted by Crippen LogP contribution is -2.17. The first-order valence-electron chi connectivity index (χ1n) is 33.5. The van der Waals surface area contributed by atoms with Crippen molar-refractivity contribution >= 4 is 129 Å². The van der Waals surface area contributed by atoms with E-state index < -0.39 is 0 Å². The van der Waals surface area contributed by atoms with E-state index in [-0.39, 0.29) is 10.8 Å². The number of benzene rings is 14. The van der Waals surface area contributed by atoms with Crippen molar-refractivity contribution in [3.63, 3.8) is 0 Å². The molecule has 0 saturated carbocycles. The molecule has 96 heavy (non-hydrogen) atoms. The van der Waals surface area contributed by atoms with Gasteiger partial charge in [0.25, 0.3) is 0 Å². The summed E-state index contributed by atoms with van der Waals surface area (Å²) in [5.74, 6) is 0. The molecule has 0 amide bonds. The lowest BCUT2D eigenvalue weighted by atomic mass is 9.81. The predicted molar refractivity (Wildman–Crippen MR) is 414 cm³/mol. The van der Waals surface area contributed by atoms with Gasteiger partial charge >= 0.3 is 0 Å². The maximum absolute atomic E-state index is 4.01. The Bertz CT molecular complexity index is 5320. The first-order chi connectivity index (χ1) is 47.0. The fraction of sp³-hybridized carbons (Fsp3) is 0.0753. The summed E-state index contributed by atoms with van der Waals surface area (Å²) in [5.41, 5.74) is 25.0. The Morgan fingerprint density at radius 2 is 0.646 bits per heavy atom. The normalized spacial score (nSPS) is 13.8. The maximum Gasteiger partial charge on any atom is 0.0541 e. The molecule has 0 spiro atoms. The molecule has 3 nitrogen and oxygen atoms in total. The second-order valence-corrected chi connectivity index (χ2v) is 26.8. The van der Waals surface area contributed by atoms with Crippen LogP contribution >= 0.6 is 0 Å². The van der Waals surface area contributed by atoms with E-state index in [1.54, 1.807) is 0 Å². The standard InChI is InChI=1S/C93H71N3/c1-7-9-30-69(8-2)94-90-53-45-61(39-41-63-43-49-76-78-51-47-70(59-84(78)92(3,4)82(76)57-63)95(86-35-18-26-65-22-10-14-31-72(65)86)87-36-19-27-66-23-11-15-32-73(66)87)55-80(90)81-56-62(46-54-91(81)94)40-42-64-44-50-77-79-52-48-71(60-85(79)93(5,6)83(77)58-64)96(88-37-20-28-67-24-12-16-33-74(67)88)89-38-21-29-68-25-13-17-34-75(68)89/h7-60H,1H2,2-6H3/b30-9-,41-39+,42-40+,69-8+. The van der Waals surface area contributed by atoms with Gasteiger partial charge in [-0.2, -0.15) is 0 Å². The molecule has 0 atom stereocenters. The lowest BCUT2D eigenvalue weighted by Gasteiger charge is -2.30. The smallest absolute Gasteiger partial charge is 0.0541 e. The van der Waals surface area contributed by atoms with Gasteiger partial charge in [-0.25, -0.2) is 0 Å². The summed E-state index contributed by atoms with van der Waals surface area (Å²) >= 11 is 0. The Morgan fingerprint density at radius 1 is 0.333 bits per heavy atom. The summed E-state index contributed by atoms with van der Waals surface area (Å²) in [7, 11) is 0. The molecule has 14 aromatic carbocycles. The van der Waals surface area contributed by atoms with Crippen LogP contribution in [-0.4, -0.2) is 4.57 Å². The molecule has 0 saturated heterocycles. The fourth-order valence-corrected chi connectivity index (χ4v) is 15.8. The zero-order valence-corrected chi connectivity index (χ0v) is 54.7. The van der Waals surface area contributed by atoms with Gasteiger partial charge < -0.3 is 14.4 Å². The van der Waals surface area contributed by atoms with E-state index in [0.29, 0.717) is 0 Å². The van der Waals surface area contributed by atoms with Crippen molar-refractivity contribution in [2.45, 2.75) is 45.4 Å². The lowest BCUT2D eigenvalue weighted by molar-refractivity contribution is 0.660. The predicted octanol–water partition coefficient (Wildman–Crippen LogP) is 25.9. The number of rotatable bonds is 13. The van der Waals surface area contributed by atoms with Crippen LogP contribution in [0.2, 0.25) is 0 Å². The molecule has 0 unspecified atom stereocenters. The van der Waals surface area contributed by atoms with E-state index in [1.807, 2.05) is 12.2 Å². The van der Waals surface area contributed by atoms with E-state index >= 15 is 0 Å². The van der Waals surface area contributed by atoms with Gasteiger partial charge in [0.05, 0.1) is 33.8 Å². The summed E-state index contributed by atoms with van der Waals surface area (Å²) in [4.78, 5) is 4.94. The quantitative estimate of drug-likeness (QED) is 0.0842. The first-order valence-corrected chi connectivity index (χ1v) is 33.5. The summed E-state index contributed by atoms with van der Waals surface area (Å²) in [6.45, 7) is 15.7. The number of fused-ring (bicyclic) bond motifs is 13. The molecule has 0 radical (unpaired) electrons. The van der Waals surface area contributed by atoms with Gasteiger partial charge in [0, 0.05) is 60.2 Å². The number of hydrogen-bond acceptors (Lipinski definition) is 2. The average molecular weight is 1230 g/mol. The maximum atomic E-state index is 4.01. The molecule has 2 aliphatic rings. The van der Waals surface area contributed by atoms with Crippen LogP contribution in [0.1, 0.15) is 79.1 Å². The van der Waals surface area contributed by atoms with E-state index in [2.05, 4.69) is 371 Å². The SMILES string of the molecule is C=C/C=C\C(=C/C)n1c2ccc(/C=C/c3ccc4c(c3)C(C)(C)c3cc(N(c5cccc6ccccc56)c5cccc6ccccc56)ccc3-4)cc2c2cc(/C=C/c3ccc4c(c3)C(C)(C)c3cc(N(c5cccc6ccccc56)c5cccc6ccccc56)ccc3-4)ccc21. The van der Waals surface area contributed by atoms with Crippen molar-refractivity contribution in [1.82, 2.24) is 4.57 Å². The summed E-state index contributed by atoms with van der Waals surface area (Å²) in [5, 5.41) is 12.1. The highest BCUT2D eigenvalue weighted by Gasteiger charge is 2.38. The van der Waals surface area contributed by atoms with Gasteiger partial charge in [0.15, 0.2) is 0 Å². The van der Waals surface area contributed by atoms with Gasteiger partial charge in [-0.15, -0.1) is 0 Å². The Balaban J connectivity index is 0.685. The zero-order chi connectivity index (χ0) is 64.8. The monoisotopic (exact) mass is 1230 g/mol. The molecule has 1 heterocycles. The molecule has 0 fully saturated rings. The number of allylic oxidation sites excluding steroid dienone is 5.